The third-order valence-corrected chi connectivity index (χ3v) is 5.58. The SMILES string of the molecule is CCOC(=O)Cc1ccccc1OCc1cc(C)c(/C=C\NCc2ccccc2)c(Br)c1. The fraction of sp³-hybridized carbons (Fsp3) is 0.222. The lowest BCUT2D eigenvalue weighted by Gasteiger charge is -2.13. The molecule has 4 nitrogen and oxygen atoms in total. The molecular weight excluding hydrogens is 466 g/mol. The zero-order chi connectivity index (χ0) is 22.8. The van der Waals surface area contributed by atoms with Crippen LogP contribution in [0.2, 0.25) is 0 Å². The molecule has 0 amide bonds. The van der Waals surface area contributed by atoms with Crippen LogP contribution >= 0.6 is 15.9 Å². The summed E-state index contributed by atoms with van der Waals surface area (Å²) in [6.45, 7) is 5.46. The number of esters is 1. The zero-order valence-corrected chi connectivity index (χ0v) is 20.0. The van der Waals surface area contributed by atoms with Gasteiger partial charge in [-0.1, -0.05) is 70.5 Å². The van der Waals surface area contributed by atoms with Crippen molar-refractivity contribution in [2.24, 2.45) is 0 Å². The largest absolute Gasteiger partial charge is 0.489 e. The molecule has 3 aromatic carbocycles. The van der Waals surface area contributed by atoms with Gasteiger partial charge in [0.2, 0.25) is 0 Å². The number of benzene rings is 3. The maximum atomic E-state index is 11.9. The molecule has 5 heteroatoms. The molecule has 0 atom stereocenters. The third kappa shape index (κ3) is 6.99. The first kappa shape index (κ1) is 23.6. The predicted molar refractivity (Wildman–Crippen MR) is 132 cm³/mol. The molecule has 32 heavy (non-hydrogen) atoms. The fourth-order valence-electron chi connectivity index (χ4n) is 3.35. The Morgan fingerprint density at radius 3 is 2.53 bits per heavy atom. The Hall–Kier alpha value is -3.05. The second kappa shape index (κ2) is 12.1. The monoisotopic (exact) mass is 493 g/mol. The number of nitrogens with one attached hydrogen (secondary N) is 1. The van der Waals surface area contributed by atoms with E-state index in [2.05, 4.69) is 58.5 Å². The van der Waals surface area contributed by atoms with Gasteiger partial charge in [-0.2, -0.15) is 0 Å². The van der Waals surface area contributed by atoms with E-state index in [1.165, 1.54) is 5.56 Å². The van der Waals surface area contributed by atoms with Crippen molar-refractivity contribution < 1.29 is 14.3 Å². The lowest BCUT2D eigenvalue weighted by molar-refractivity contribution is -0.142. The van der Waals surface area contributed by atoms with Crippen LogP contribution in [0.25, 0.3) is 6.08 Å². The van der Waals surface area contributed by atoms with Crippen LogP contribution in [-0.4, -0.2) is 12.6 Å². The molecule has 0 fully saturated rings. The van der Waals surface area contributed by atoms with E-state index < -0.39 is 0 Å². The van der Waals surface area contributed by atoms with Crippen molar-refractivity contribution in [2.45, 2.75) is 33.4 Å². The average molecular weight is 494 g/mol. The number of aryl methyl sites for hydroxylation is 1. The topological polar surface area (TPSA) is 47.6 Å². The van der Waals surface area contributed by atoms with Gasteiger partial charge in [-0.05, 0) is 60.5 Å². The molecule has 0 unspecified atom stereocenters. The van der Waals surface area contributed by atoms with E-state index in [4.69, 9.17) is 9.47 Å². The Labute approximate surface area is 198 Å². The van der Waals surface area contributed by atoms with Crippen molar-refractivity contribution in [3.63, 3.8) is 0 Å². The van der Waals surface area contributed by atoms with Gasteiger partial charge in [-0.25, -0.2) is 0 Å². The number of ether oxygens (including phenoxy) is 2. The van der Waals surface area contributed by atoms with E-state index in [1.54, 1.807) is 6.92 Å². The van der Waals surface area contributed by atoms with Crippen molar-refractivity contribution in [1.82, 2.24) is 5.32 Å². The molecule has 3 rings (SSSR count). The first-order chi connectivity index (χ1) is 15.6. The van der Waals surface area contributed by atoms with Gasteiger partial charge < -0.3 is 14.8 Å². The van der Waals surface area contributed by atoms with Crippen LogP contribution in [0.15, 0.2) is 77.4 Å². The van der Waals surface area contributed by atoms with E-state index in [-0.39, 0.29) is 12.4 Å². The molecule has 0 saturated heterocycles. The number of rotatable bonds is 10. The molecule has 0 aliphatic carbocycles. The van der Waals surface area contributed by atoms with Gasteiger partial charge in [0.05, 0.1) is 13.0 Å². The maximum absolute atomic E-state index is 11.9. The van der Waals surface area contributed by atoms with Crippen molar-refractivity contribution in [2.75, 3.05) is 6.61 Å². The van der Waals surface area contributed by atoms with Gasteiger partial charge in [-0.15, -0.1) is 0 Å². The number of para-hydroxylation sites is 1. The number of carbonyl (C=O) groups excluding carboxylic acids is 1. The summed E-state index contributed by atoms with van der Waals surface area (Å²) in [7, 11) is 0. The van der Waals surface area contributed by atoms with Crippen LogP contribution in [0.4, 0.5) is 0 Å². The summed E-state index contributed by atoms with van der Waals surface area (Å²) in [6, 6.07) is 22.1. The van der Waals surface area contributed by atoms with Gasteiger partial charge in [0, 0.05) is 16.6 Å². The standard InChI is InChI=1S/C27H28BrNO3/c1-3-31-27(30)17-23-11-7-8-12-26(23)32-19-22-15-20(2)24(25(28)16-22)13-14-29-18-21-9-5-4-6-10-21/h4-16,29H,3,17-19H2,1-2H3/b14-13-. The minimum atomic E-state index is -0.251. The van der Waals surface area contributed by atoms with Crippen LogP contribution in [0.5, 0.6) is 5.75 Å². The molecule has 166 valence electrons. The van der Waals surface area contributed by atoms with Gasteiger partial charge in [0.25, 0.3) is 0 Å². The van der Waals surface area contributed by atoms with Crippen LogP contribution in [0.3, 0.4) is 0 Å². The highest BCUT2D eigenvalue weighted by Gasteiger charge is 2.10. The predicted octanol–water partition coefficient (Wildman–Crippen LogP) is 6.20. The first-order valence-electron chi connectivity index (χ1n) is 10.7. The van der Waals surface area contributed by atoms with Crippen molar-refractivity contribution in [1.29, 1.82) is 0 Å². The van der Waals surface area contributed by atoms with E-state index in [0.717, 1.165) is 33.3 Å². The first-order valence-corrected chi connectivity index (χ1v) is 11.4. The van der Waals surface area contributed by atoms with E-state index in [0.29, 0.717) is 19.0 Å². The molecule has 0 aromatic heterocycles. The Morgan fingerprint density at radius 1 is 1.03 bits per heavy atom. The van der Waals surface area contributed by atoms with Crippen LogP contribution in [0.1, 0.15) is 34.7 Å². The summed E-state index contributed by atoms with van der Waals surface area (Å²) in [5.41, 5.74) is 5.39. The summed E-state index contributed by atoms with van der Waals surface area (Å²) in [6.07, 6.45) is 4.25. The van der Waals surface area contributed by atoms with E-state index >= 15 is 0 Å². The molecule has 0 aliphatic heterocycles. The second-order valence-corrected chi connectivity index (χ2v) is 8.24. The summed E-state index contributed by atoms with van der Waals surface area (Å²) in [5, 5.41) is 3.33. The Balaban J connectivity index is 1.62. The quantitative estimate of drug-likeness (QED) is 0.341. The smallest absolute Gasteiger partial charge is 0.310 e. The second-order valence-electron chi connectivity index (χ2n) is 7.39. The van der Waals surface area contributed by atoms with Gasteiger partial charge in [0.1, 0.15) is 12.4 Å². The molecule has 0 spiro atoms. The third-order valence-electron chi connectivity index (χ3n) is 4.92. The molecule has 1 N–H and O–H groups in total. The number of hydrogen-bond donors (Lipinski definition) is 1. The summed E-state index contributed by atoms with van der Waals surface area (Å²) >= 11 is 3.69. The van der Waals surface area contributed by atoms with Crippen LogP contribution < -0.4 is 10.1 Å². The maximum Gasteiger partial charge on any atom is 0.310 e. The van der Waals surface area contributed by atoms with Gasteiger partial charge in [-0.3, -0.25) is 4.79 Å². The average Bonchev–Trinajstić information content (AvgIpc) is 2.78. The lowest BCUT2D eigenvalue weighted by atomic mass is 10.1. The normalized spacial score (nSPS) is 10.8. The minimum Gasteiger partial charge on any atom is -0.489 e. The van der Waals surface area contributed by atoms with Crippen LogP contribution in [0, 0.1) is 6.92 Å². The van der Waals surface area contributed by atoms with E-state index in [1.807, 2.05) is 48.7 Å². The number of carbonyl (C=O) groups is 1. The van der Waals surface area contributed by atoms with Crippen molar-refractivity contribution in [3.8, 4) is 5.75 Å². The van der Waals surface area contributed by atoms with Crippen molar-refractivity contribution >= 4 is 28.0 Å². The molecule has 0 bridgehead atoms. The fourth-order valence-corrected chi connectivity index (χ4v) is 4.09. The Morgan fingerprint density at radius 2 is 1.78 bits per heavy atom. The summed E-state index contributed by atoms with van der Waals surface area (Å²) < 4.78 is 12.1. The highest BCUT2D eigenvalue weighted by molar-refractivity contribution is 9.10. The summed E-state index contributed by atoms with van der Waals surface area (Å²) in [5.74, 6) is 0.447. The van der Waals surface area contributed by atoms with E-state index in [9.17, 15) is 4.79 Å². The Bertz CT molecular complexity index is 1040. The van der Waals surface area contributed by atoms with Gasteiger partial charge >= 0.3 is 5.97 Å². The summed E-state index contributed by atoms with van der Waals surface area (Å²) in [4.78, 5) is 11.9. The molecule has 0 aliphatic rings. The lowest BCUT2D eigenvalue weighted by Crippen LogP contribution is -2.09. The molecule has 0 heterocycles. The van der Waals surface area contributed by atoms with Gasteiger partial charge in [0.15, 0.2) is 0 Å². The molecular formula is C27H28BrNO3. The molecule has 0 saturated carbocycles. The van der Waals surface area contributed by atoms with Crippen LogP contribution in [-0.2, 0) is 29.1 Å². The minimum absolute atomic E-state index is 0.201. The molecule has 0 radical (unpaired) electrons. The number of halogens is 1. The number of hydrogen-bond acceptors (Lipinski definition) is 4. The van der Waals surface area contributed by atoms with Crippen molar-refractivity contribution in [3.05, 3.63) is 105 Å². The zero-order valence-electron chi connectivity index (χ0n) is 18.4. The highest BCUT2D eigenvalue weighted by atomic mass is 79.9. The Kier molecular flexibility index (Phi) is 8.93. The highest BCUT2D eigenvalue weighted by Crippen LogP contribution is 2.26. The molecule has 3 aromatic rings.